The zero-order chi connectivity index (χ0) is 25.3. The molecule has 0 amide bonds. The first kappa shape index (κ1) is 25.4. The number of hydrogen-bond acceptors (Lipinski definition) is 5. The van der Waals surface area contributed by atoms with E-state index in [4.69, 9.17) is 27.9 Å². The summed E-state index contributed by atoms with van der Waals surface area (Å²) >= 11 is 12.5. The van der Waals surface area contributed by atoms with Crippen LogP contribution in [0.3, 0.4) is 0 Å². The number of hydrogen-bond donors (Lipinski definition) is 0. The second-order valence-corrected chi connectivity index (χ2v) is 9.88. The van der Waals surface area contributed by atoms with Gasteiger partial charge in [0.2, 0.25) is 0 Å². The molecule has 9 heteroatoms. The van der Waals surface area contributed by atoms with E-state index in [0.29, 0.717) is 28.7 Å². The standard InChI is InChI=1S/C26H30Cl2N4O3/c1-17(2)31-13-14-32(26(31)34)23-8-6-20(15-18(23)3)29-9-11-30(12-10-29)24(25(33)35-4)21-7-5-19(27)16-22(21)28/h5-8,13-17,24H,9-12H2,1-4H3. The number of carbonyl (C=O) groups is 1. The van der Waals surface area contributed by atoms with Gasteiger partial charge < -0.3 is 9.64 Å². The number of aryl methyl sites for hydroxylation is 1. The minimum absolute atomic E-state index is 0.0424. The summed E-state index contributed by atoms with van der Waals surface area (Å²) in [5.41, 5.74) is 3.63. The van der Waals surface area contributed by atoms with Gasteiger partial charge in [0, 0.05) is 60.3 Å². The monoisotopic (exact) mass is 516 g/mol. The highest BCUT2D eigenvalue weighted by molar-refractivity contribution is 6.35. The Bertz CT molecular complexity index is 1280. The Hall–Kier alpha value is -2.74. The summed E-state index contributed by atoms with van der Waals surface area (Å²) < 4.78 is 8.51. The first-order chi connectivity index (χ1) is 16.7. The van der Waals surface area contributed by atoms with E-state index in [0.717, 1.165) is 30.0 Å². The Morgan fingerprint density at radius 2 is 1.71 bits per heavy atom. The average molecular weight is 517 g/mol. The molecular formula is C26H30Cl2N4O3. The lowest BCUT2D eigenvalue weighted by Gasteiger charge is -2.39. The van der Waals surface area contributed by atoms with E-state index < -0.39 is 6.04 Å². The van der Waals surface area contributed by atoms with Crippen LogP contribution in [0.1, 0.15) is 37.1 Å². The molecule has 4 rings (SSSR count). The molecule has 3 aromatic rings. The molecule has 7 nitrogen and oxygen atoms in total. The van der Waals surface area contributed by atoms with E-state index in [-0.39, 0.29) is 17.7 Å². The van der Waals surface area contributed by atoms with Crippen molar-refractivity contribution in [2.24, 2.45) is 0 Å². The lowest BCUT2D eigenvalue weighted by Crippen LogP contribution is -2.49. The van der Waals surface area contributed by atoms with E-state index in [1.165, 1.54) is 7.11 Å². The highest BCUT2D eigenvalue weighted by atomic mass is 35.5. The van der Waals surface area contributed by atoms with Crippen molar-refractivity contribution in [2.45, 2.75) is 32.9 Å². The summed E-state index contributed by atoms with van der Waals surface area (Å²) in [6.07, 6.45) is 3.64. The third-order valence-corrected chi connectivity index (χ3v) is 7.09. The quantitative estimate of drug-likeness (QED) is 0.437. The molecule has 0 saturated carbocycles. The van der Waals surface area contributed by atoms with Crippen LogP contribution in [0.25, 0.3) is 5.69 Å². The number of nitrogens with zero attached hydrogens (tertiary/aromatic N) is 4. The number of carbonyl (C=O) groups excluding carboxylic acids is 1. The molecule has 1 fully saturated rings. The highest BCUT2D eigenvalue weighted by Gasteiger charge is 2.33. The molecule has 2 heterocycles. The Morgan fingerprint density at radius 1 is 1.00 bits per heavy atom. The molecule has 2 aromatic carbocycles. The molecule has 1 unspecified atom stereocenters. The number of rotatable bonds is 6. The number of methoxy groups -OCH3 is 1. The summed E-state index contributed by atoms with van der Waals surface area (Å²) in [4.78, 5) is 29.8. The predicted octanol–water partition coefficient (Wildman–Crippen LogP) is 4.87. The molecule has 1 aliphatic heterocycles. The van der Waals surface area contributed by atoms with Crippen LogP contribution in [-0.4, -0.2) is 53.3 Å². The number of piperazine rings is 1. The molecule has 1 atom stereocenters. The van der Waals surface area contributed by atoms with Crippen LogP contribution in [-0.2, 0) is 9.53 Å². The Kier molecular flexibility index (Phi) is 7.59. The molecule has 0 radical (unpaired) electrons. The van der Waals surface area contributed by atoms with Crippen LogP contribution in [0, 0.1) is 6.92 Å². The molecule has 0 bridgehead atoms. The van der Waals surface area contributed by atoms with Crippen LogP contribution in [0.15, 0.2) is 53.6 Å². The van der Waals surface area contributed by atoms with Gasteiger partial charge in [0.25, 0.3) is 0 Å². The lowest BCUT2D eigenvalue weighted by molar-refractivity contribution is -0.147. The third kappa shape index (κ3) is 5.13. The molecule has 186 valence electrons. The van der Waals surface area contributed by atoms with Crippen LogP contribution < -0.4 is 10.6 Å². The maximum absolute atomic E-state index is 12.7. The van der Waals surface area contributed by atoms with E-state index in [9.17, 15) is 9.59 Å². The van der Waals surface area contributed by atoms with Crippen molar-refractivity contribution in [1.82, 2.24) is 14.0 Å². The van der Waals surface area contributed by atoms with Crippen LogP contribution >= 0.6 is 23.2 Å². The van der Waals surface area contributed by atoms with Gasteiger partial charge in [-0.25, -0.2) is 9.59 Å². The number of benzene rings is 2. The number of esters is 1. The number of halogens is 2. The molecule has 0 N–H and O–H groups in total. The van der Waals surface area contributed by atoms with Crippen molar-refractivity contribution < 1.29 is 9.53 Å². The number of ether oxygens (including phenoxy) is 1. The number of anilines is 1. The predicted molar refractivity (Wildman–Crippen MR) is 140 cm³/mol. The van der Waals surface area contributed by atoms with E-state index in [1.807, 2.05) is 45.3 Å². The molecule has 0 spiro atoms. The fourth-order valence-corrected chi connectivity index (χ4v) is 5.13. The second-order valence-electron chi connectivity index (χ2n) is 9.04. The van der Waals surface area contributed by atoms with Gasteiger partial charge in [0.05, 0.1) is 12.8 Å². The van der Waals surface area contributed by atoms with E-state index in [1.54, 1.807) is 27.3 Å². The zero-order valence-corrected chi connectivity index (χ0v) is 21.9. The largest absolute Gasteiger partial charge is 0.468 e. The molecular weight excluding hydrogens is 487 g/mol. The third-order valence-electron chi connectivity index (χ3n) is 6.53. The lowest BCUT2D eigenvalue weighted by atomic mass is 10.0. The zero-order valence-electron chi connectivity index (χ0n) is 20.4. The molecule has 1 aliphatic rings. The Morgan fingerprint density at radius 3 is 2.29 bits per heavy atom. The van der Waals surface area contributed by atoms with Gasteiger partial charge in [0.1, 0.15) is 6.04 Å². The summed E-state index contributed by atoms with van der Waals surface area (Å²) in [6, 6.07) is 10.8. The van der Waals surface area contributed by atoms with Crippen LogP contribution in [0.5, 0.6) is 0 Å². The van der Waals surface area contributed by atoms with Crippen molar-refractivity contribution in [2.75, 3.05) is 38.2 Å². The van der Waals surface area contributed by atoms with Gasteiger partial charge in [-0.1, -0.05) is 29.3 Å². The normalized spacial score (nSPS) is 15.5. The minimum atomic E-state index is -0.590. The molecule has 1 saturated heterocycles. The first-order valence-corrected chi connectivity index (χ1v) is 12.4. The number of aromatic nitrogens is 2. The summed E-state index contributed by atoms with van der Waals surface area (Å²) in [7, 11) is 1.39. The van der Waals surface area contributed by atoms with Crippen molar-refractivity contribution in [3.63, 3.8) is 0 Å². The Balaban J connectivity index is 1.51. The average Bonchev–Trinajstić information content (AvgIpc) is 3.22. The van der Waals surface area contributed by atoms with Gasteiger partial charge in [-0.3, -0.25) is 14.0 Å². The fraction of sp³-hybridized carbons (Fsp3) is 0.385. The molecule has 1 aromatic heterocycles. The van der Waals surface area contributed by atoms with Crippen molar-refractivity contribution in [3.05, 3.63) is 80.4 Å². The molecule has 35 heavy (non-hydrogen) atoms. The van der Waals surface area contributed by atoms with Crippen molar-refractivity contribution >= 4 is 34.9 Å². The van der Waals surface area contributed by atoms with E-state index >= 15 is 0 Å². The SMILES string of the molecule is COC(=O)C(c1ccc(Cl)cc1Cl)N1CCN(c2ccc(-n3ccn(C(C)C)c3=O)c(C)c2)CC1. The second kappa shape index (κ2) is 10.5. The summed E-state index contributed by atoms with van der Waals surface area (Å²) in [5, 5.41) is 0.970. The molecule has 0 aliphatic carbocycles. The van der Waals surface area contributed by atoms with Gasteiger partial charge in [-0.15, -0.1) is 0 Å². The minimum Gasteiger partial charge on any atom is -0.468 e. The van der Waals surface area contributed by atoms with Crippen LogP contribution in [0.4, 0.5) is 5.69 Å². The highest BCUT2D eigenvalue weighted by Crippen LogP contribution is 2.32. The Labute approximate surface area is 215 Å². The van der Waals surface area contributed by atoms with Crippen molar-refractivity contribution in [1.29, 1.82) is 0 Å². The first-order valence-electron chi connectivity index (χ1n) is 11.6. The number of imidazole rings is 1. The smallest absolute Gasteiger partial charge is 0.332 e. The maximum atomic E-state index is 12.7. The van der Waals surface area contributed by atoms with Crippen LogP contribution in [0.2, 0.25) is 10.0 Å². The topological polar surface area (TPSA) is 59.7 Å². The van der Waals surface area contributed by atoms with Gasteiger partial charge in [0.15, 0.2) is 0 Å². The van der Waals surface area contributed by atoms with Gasteiger partial charge in [-0.05, 0) is 62.2 Å². The summed E-state index contributed by atoms with van der Waals surface area (Å²) in [6.45, 7) is 8.80. The van der Waals surface area contributed by atoms with E-state index in [2.05, 4.69) is 15.9 Å². The van der Waals surface area contributed by atoms with Crippen molar-refractivity contribution in [3.8, 4) is 5.69 Å². The van der Waals surface area contributed by atoms with Gasteiger partial charge >= 0.3 is 11.7 Å². The fourth-order valence-electron chi connectivity index (χ4n) is 4.62. The maximum Gasteiger partial charge on any atom is 0.332 e. The summed E-state index contributed by atoms with van der Waals surface area (Å²) in [5.74, 6) is -0.346. The van der Waals surface area contributed by atoms with Gasteiger partial charge in [-0.2, -0.15) is 0 Å².